The van der Waals surface area contributed by atoms with E-state index >= 15 is 0 Å². The largest absolute Gasteiger partial charge is 0.355 e. The summed E-state index contributed by atoms with van der Waals surface area (Å²) in [6.45, 7) is 2.52. The molecule has 2 N–H and O–H groups in total. The lowest BCUT2D eigenvalue weighted by atomic mass is 10.3. The molecule has 2 aromatic rings. The molecule has 2 heterocycles. The van der Waals surface area contributed by atoms with Gasteiger partial charge in [-0.3, -0.25) is 14.3 Å². The Morgan fingerprint density at radius 1 is 1.37 bits per heavy atom. The molecule has 0 fully saturated rings. The van der Waals surface area contributed by atoms with Crippen LogP contribution in [0, 0.1) is 0 Å². The van der Waals surface area contributed by atoms with Gasteiger partial charge in [-0.05, 0) is 24.4 Å². The normalized spacial score (nSPS) is 10.2. The Morgan fingerprint density at radius 2 is 2.16 bits per heavy atom. The van der Waals surface area contributed by atoms with Crippen molar-refractivity contribution in [3.63, 3.8) is 0 Å². The maximum absolute atomic E-state index is 12.1. The van der Waals surface area contributed by atoms with E-state index in [2.05, 4.69) is 15.7 Å². The van der Waals surface area contributed by atoms with Crippen molar-refractivity contribution in [3.8, 4) is 0 Å². The third-order valence-corrected chi connectivity index (χ3v) is 3.44. The van der Waals surface area contributed by atoms with E-state index in [-0.39, 0.29) is 11.8 Å². The standard InChI is InChI=1S/C12H14N4O2S/c1-3-16-9(4-6-14-16)11(18)15-12-8(5-7-19-12)10(17)13-2/h4-7H,3H2,1-2H3,(H,13,17)(H,15,18). The van der Waals surface area contributed by atoms with Gasteiger partial charge in [0.1, 0.15) is 10.7 Å². The number of nitrogens with zero attached hydrogens (tertiary/aromatic N) is 2. The van der Waals surface area contributed by atoms with Crippen molar-refractivity contribution in [2.24, 2.45) is 0 Å². The molecule has 0 atom stereocenters. The highest BCUT2D eigenvalue weighted by atomic mass is 32.1. The highest BCUT2D eigenvalue weighted by Crippen LogP contribution is 2.23. The molecule has 2 aromatic heterocycles. The monoisotopic (exact) mass is 278 g/mol. The third kappa shape index (κ3) is 2.65. The van der Waals surface area contributed by atoms with Gasteiger partial charge in [0.05, 0.1) is 5.56 Å². The maximum atomic E-state index is 12.1. The molecule has 19 heavy (non-hydrogen) atoms. The minimum absolute atomic E-state index is 0.222. The summed E-state index contributed by atoms with van der Waals surface area (Å²) in [6, 6.07) is 3.32. The average Bonchev–Trinajstić information content (AvgIpc) is 3.05. The maximum Gasteiger partial charge on any atom is 0.274 e. The molecule has 0 aliphatic rings. The lowest BCUT2D eigenvalue weighted by Crippen LogP contribution is -2.21. The minimum atomic E-state index is -0.271. The van der Waals surface area contributed by atoms with Gasteiger partial charge in [-0.2, -0.15) is 5.10 Å². The van der Waals surface area contributed by atoms with Crippen molar-refractivity contribution in [3.05, 3.63) is 35.0 Å². The third-order valence-electron chi connectivity index (χ3n) is 2.61. The van der Waals surface area contributed by atoms with Crippen molar-refractivity contribution < 1.29 is 9.59 Å². The topological polar surface area (TPSA) is 76.0 Å². The molecular formula is C12H14N4O2S. The number of aryl methyl sites for hydroxylation is 1. The lowest BCUT2D eigenvalue weighted by molar-refractivity contribution is 0.0964. The number of carbonyl (C=O) groups is 2. The van der Waals surface area contributed by atoms with Crippen LogP contribution in [0.3, 0.4) is 0 Å². The second-order valence-corrected chi connectivity index (χ2v) is 4.64. The molecule has 7 heteroatoms. The van der Waals surface area contributed by atoms with Gasteiger partial charge in [-0.25, -0.2) is 0 Å². The Bertz CT molecular complexity index is 602. The summed E-state index contributed by atoms with van der Waals surface area (Å²) in [5, 5.41) is 11.6. The zero-order valence-electron chi connectivity index (χ0n) is 10.6. The summed E-state index contributed by atoms with van der Waals surface area (Å²) in [7, 11) is 1.55. The molecule has 0 aromatic carbocycles. The number of aromatic nitrogens is 2. The first-order valence-corrected chi connectivity index (χ1v) is 6.68. The van der Waals surface area contributed by atoms with E-state index in [0.717, 1.165) is 0 Å². The Kier molecular flexibility index (Phi) is 3.96. The zero-order chi connectivity index (χ0) is 13.8. The molecule has 0 aliphatic heterocycles. The van der Waals surface area contributed by atoms with E-state index in [1.807, 2.05) is 6.92 Å². The molecule has 0 aliphatic carbocycles. The van der Waals surface area contributed by atoms with Gasteiger partial charge in [0.25, 0.3) is 11.8 Å². The number of nitrogens with one attached hydrogen (secondary N) is 2. The van der Waals surface area contributed by atoms with Crippen LogP contribution < -0.4 is 10.6 Å². The average molecular weight is 278 g/mol. The first-order valence-electron chi connectivity index (χ1n) is 5.80. The van der Waals surface area contributed by atoms with Crippen molar-refractivity contribution in [1.29, 1.82) is 0 Å². The fourth-order valence-corrected chi connectivity index (χ4v) is 2.44. The van der Waals surface area contributed by atoms with Gasteiger partial charge >= 0.3 is 0 Å². The second kappa shape index (κ2) is 5.66. The molecular weight excluding hydrogens is 264 g/mol. The van der Waals surface area contributed by atoms with Gasteiger partial charge in [-0.15, -0.1) is 11.3 Å². The summed E-state index contributed by atoms with van der Waals surface area (Å²) in [5.74, 6) is -0.493. The smallest absolute Gasteiger partial charge is 0.274 e. The fraction of sp³-hybridized carbons (Fsp3) is 0.250. The highest BCUT2D eigenvalue weighted by molar-refractivity contribution is 7.14. The highest BCUT2D eigenvalue weighted by Gasteiger charge is 2.16. The van der Waals surface area contributed by atoms with Crippen LogP contribution in [0.25, 0.3) is 0 Å². The number of hydrogen-bond donors (Lipinski definition) is 2. The van der Waals surface area contributed by atoms with E-state index < -0.39 is 0 Å². The lowest BCUT2D eigenvalue weighted by Gasteiger charge is -2.06. The van der Waals surface area contributed by atoms with Gasteiger partial charge < -0.3 is 10.6 Å². The van der Waals surface area contributed by atoms with Gasteiger partial charge in [0, 0.05) is 19.8 Å². The fourth-order valence-electron chi connectivity index (χ4n) is 1.66. The summed E-state index contributed by atoms with van der Waals surface area (Å²) in [6.07, 6.45) is 1.58. The van der Waals surface area contributed by atoms with Crippen molar-refractivity contribution in [2.75, 3.05) is 12.4 Å². The van der Waals surface area contributed by atoms with Crippen LogP contribution in [0.15, 0.2) is 23.7 Å². The van der Waals surface area contributed by atoms with E-state index in [4.69, 9.17) is 0 Å². The number of rotatable bonds is 4. The number of thiophene rings is 1. The predicted molar refractivity (Wildman–Crippen MR) is 73.6 cm³/mol. The molecule has 100 valence electrons. The van der Waals surface area contributed by atoms with Crippen LogP contribution in [0.5, 0.6) is 0 Å². The SMILES string of the molecule is CCn1nccc1C(=O)Nc1sccc1C(=O)NC. The van der Waals surface area contributed by atoms with Crippen molar-refractivity contribution >= 4 is 28.2 Å². The predicted octanol–water partition coefficient (Wildman–Crippen LogP) is 1.58. The van der Waals surface area contributed by atoms with Crippen LogP contribution in [-0.4, -0.2) is 28.6 Å². The van der Waals surface area contributed by atoms with Crippen molar-refractivity contribution in [2.45, 2.75) is 13.5 Å². The van der Waals surface area contributed by atoms with Gasteiger partial charge in [0.2, 0.25) is 0 Å². The number of amides is 2. The molecule has 6 nitrogen and oxygen atoms in total. The molecule has 0 saturated heterocycles. The summed E-state index contributed by atoms with van der Waals surface area (Å²) in [4.78, 5) is 23.7. The number of hydrogen-bond acceptors (Lipinski definition) is 4. The second-order valence-electron chi connectivity index (χ2n) is 3.73. The summed E-state index contributed by atoms with van der Waals surface area (Å²) < 4.78 is 1.60. The van der Waals surface area contributed by atoms with E-state index in [1.165, 1.54) is 11.3 Å². The zero-order valence-corrected chi connectivity index (χ0v) is 11.5. The van der Waals surface area contributed by atoms with E-state index in [0.29, 0.717) is 22.8 Å². The van der Waals surface area contributed by atoms with Crippen LogP contribution in [0.1, 0.15) is 27.8 Å². The molecule has 2 amide bonds. The van der Waals surface area contributed by atoms with Gasteiger partial charge in [0.15, 0.2) is 0 Å². The Morgan fingerprint density at radius 3 is 2.84 bits per heavy atom. The first-order chi connectivity index (χ1) is 9.17. The Hall–Kier alpha value is -2.15. The quantitative estimate of drug-likeness (QED) is 0.891. The van der Waals surface area contributed by atoms with Crippen molar-refractivity contribution in [1.82, 2.24) is 15.1 Å². The number of anilines is 1. The van der Waals surface area contributed by atoms with E-state index in [9.17, 15) is 9.59 Å². The summed E-state index contributed by atoms with van der Waals surface area (Å²) in [5.41, 5.74) is 0.933. The van der Waals surface area contributed by atoms with Crippen LogP contribution >= 0.6 is 11.3 Å². The van der Waals surface area contributed by atoms with E-state index in [1.54, 1.807) is 35.4 Å². The molecule has 0 saturated carbocycles. The molecule has 0 radical (unpaired) electrons. The van der Waals surface area contributed by atoms with Gasteiger partial charge in [-0.1, -0.05) is 0 Å². The van der Waals surface area contributed by atoms with Crippen LogP contribution in [0.2, 0.25) is 0 Å². The van der Waals surface area contributed by atoms with Crippen LogP contribution in [-0.2, 0) is 6.54 Å². The molecule has 2 rings (SSSR count). The Balaban J connectivity index is 2.20. The number of carbonyl (C=O) groups excluding carboxylic acids is 2. The molecule has 0 unspecified atom stereocenters. The molecule has 0 spiro atoms. The first kappa shape index (κ1) is 13.3. The Labute approximate surface area is 114 Å². The molecule has 0 bridgehead atoms. The summed E-state index contributed by atoms with van der Waals surface area (Å²) >= 11 is 1.31. The van der Waals surface area contributed by atoms with Crippen LogP contribution in [0.4, 0.5) is 5.00 Å². The minimum Gasteiger partial charge on any atom is -0.355 e.